The molecule has 4 heterocycles. The molecule has 1 saturated heterocycles. The third kappa shape index (κ3) is 2.60. The minimum atomic E-state index is -0.530. The highest BCUT2D eigenvalue weighted by Gasteiger charge is 2.47. The van der Waals surface area contributed by atoms with Crippen molar-refractivity contribution in [3.8, 4) is 0 Å². The van der Waals surface area contributed by atoms with Crippen LogP contribution in [0, 0.1) is 5.82 Å². The Balaban J connectivity index is 1.36. The molecule has 144 valence electrons. The third-order valence-corrected chi connectivity index (χ3v) is 6.96. The van der Waals surface area contributed by atoms with E-state index in [4.69, 9.17) is 0 Å². The van der Waals surface area contributed by atoms with Crippen molar-refractivity contribution in [3.05, 3.63) is 47.9 Å². The molecular weight excluding hydrogens is 375 g/mol. The molecule has 0 bridgehead atoms. The van der Waals surface area contributed by atoms with Crippen molar-refractivity contribution in [2.24, 2.45) is 0 Å². The number of amides is 1. The Kier molecular flexibility index (Phi) is 3.91. The number of carbonyl (C=O) groups is 1. The fourth-order valence-electron chi connectivity index (χ4n) is 4.26. The lowest BCUT2D eigenvalue weighted by Gasteiger charge is -2.37. The molecule has 1 fully saturated rings. The first kappa shape index (κ1) is 17.6. The van der Waals surface area contributed by atoms with E-state index in [1.165, 1.54) is 23.5 Å². The number of fused-ring (bicyclic) bond motifs is 2. The normalized spacial score (nSPS) is 19.5. The van der Waals surface area contributed by atoms with Crippen molar-refractivity contribution in [1.82, 2.24) is 9.97 Å². The number of rotatable bonds is 2. The number of hydrogen-bond acceptors (Lipinski definition) is 5. The Morgan fingerprint density at radius 3 is 2.79 bits per heavy atom. The Bertz CT molecular complexity index is 1070. The van der Waals surface area contributed by atoms with Gasteiger partial charge in [0.2, 0.25) is 5.91 Å². The van der Waals surface area contributed by atoms with Crippen LogP contribution in [0.4, 0.5) is 15.3 Å². The standard InChI is InChI=1S/C21H21FN4OS/c1-21(2)15-4-3-9-23-18(15)26(19(21)27)14-7-10-25(11-8-14)20-24-16-6-5-13(22)12-17(16)28-20/h3-6,9,12,14H,7-8,10-11H2,1-2H3. The van der Waals surface area contributed by atoms with E-state index in [9.17, 15) is 9.18 Å². The number of hydrogen-bond donors (Lipinski definition) is 0. The van der Waals surface area contributed by atoms with E-state index in [-0.39, 0.29) is 17.8 Å². The van der Waals surface area contributed by atoms with E-state index < -0.39 is 5.41 Å². The van der Waals surface area contributed by atoms with Gasteiger partial charge in [0.25, 0.3) is 0 Å². The number of nitrogens with zero attached hydrogens (tertiary/aromatic N) is 4. The van der Waals surface area contributed by atoms with Gasteiger partial charge in [-0.2, -0.15) is 0 Å². The van der Waals surface area contributed by atoms with Crippen molar-refractivity contribution in [3.63, 3.8) is 0 Å². The molecule has 2 aliphatic heterocycles. The highest BCUT2D eigenvalue weighted by Crippen LogP contribution is 2.42. The van der Waals surface area contributed by atoms with E-state index >= 15 is 0 Å². The summed E-state index contributed by atoms with van der Waals surface area (Å²) < 4.78 is 14.3. The maximum atomic E-state index is 13.5. The average Bonchev–Trinajstić information content (AvgIpc) is 3.19. The molecule has 1 aromatic carbocycles. The molecule has 5 rings (SSSR count). The third-order valence-electron chi connectivity index (χ3n) is 5.88. The van der Waals surface area contributed by atoms with Gasteiger partial charge in [-0.1, -0.05) is 17.4 Å². The number of halogens is 1. The van der Waals surface area contributed by atoms with Gasteiger partial charge in [0, 0.05) is 30.9 Å². The molecule has 0 spiro atoms. The fourth-order valence-corrected chi connectivity index (χ4v) is 5.31. The lowest BCUT2D eigenvalue weighted by atomic mass is 9.87. The maximum Gasteiger partial charge on any atom is 0.238 e. The number of piperidine rings is 1. The second kappa shape index (κ2) is 6.24. The molecule has 28 heavy (non-hydrogen) atoms. The number of thiazole rings is 1. The zero-order valence-electron chi connectivity index (χ0n) is 15.9. The first-order valence-corrected chi connectivity index (χ1v) is 10.4. The predicted octanol–water partition coefficient (Wildman–Crippen LogP) is 4.12. The first-order chi connectivity index (χ1) is 13.4. The number of carbonyl (C=O) groups excluding carboxylic acids is 1. The van der Waals surface area contributed by atoms with Gasteiger partial charge in [0.15, 0.2) is 5.13 Å². The summed E-state index contributed by atoms with van der Waals surface area (Å²) in [5, 5.41) is 0.922. The Morgan fingerprint density at radius 1 is 1.21 bits per heavy atom. The van der Waals surface area contributed by atoms with Gasteiger partial charge in [0.1, 0.15) is 11.6 Å². The molecular formula is C21H21FN4OS. The summed E-state index contributed by atoms with van der Waals surface area (Å²) in [5.41, 5.74) is 1.31. The van der Waals surface area contributed by atoms with Gasteiger partial charge in [0.05, 0.1) is 15.6 Å². The number of aromatic nitrogens is 2. The van der Waals surface area contributed by atoms with Gasteiger partial charge in [-0.05, 0) is 51.0 Å². The average molecular weight is 396 g/mol. The highest BCUT2D eigenvalue weighted by atomic mass is 32.1. The van der Waals surface area contributed by atoms with Crippen molar-refractivity contribution in [2.45, 2.75) is 38.1 Å². The minimum absolute atomic E-state index is 0.134. The van der Waals surface area contributed by atoms with Gasteiger partial charge in [-0.3, -0.25) is 9.69 Å². The quantitative estimate of drug-likeness (QED) is 0.654. The molecule has 5 nitrogen and oxygen atoms in total. The van der Waals surface area contributed by atoms with E-state index in [1.54, 1.807) is 12.3 Å². The number of benzene rings is 1. The molecule has 3 aromatic rings. The number of pyridine rings is 1. The van der Waals surface area contributed by atoms with Crippen LogP contribution in [0.1, 0.15) is 32.3 Å². The molecule has 0 unspecified atom stereocenters. The molecule has 7 heteroatoms. The van der Waals surface area contributed by atoms with E-state index in [0.29, 0.717) is 0 Å². The van der Waals surface area contributed by atoms with Crippen LogP contribution >= 0.6 is 11.3 Å². The maximum absolute atomic E-state index is 13.5. The van der Waals surface area contributed by atoms with Crippen molar-refractivity contribution in [1.29, 1.82) is 0 Å². The largest absolute Gasteiger partial charge is 0.348 e. The van der Waals surface area contributed by atoms with Crippen LogP contribution in [0.2, 0.25) is 0 Å². The summed E-state index contributed by atoms with van der Waals surface area (Å²) in [5.74, 6) is 0.712. The Hall–Kier alpha value is -2.54. The Labute approximate surface area is 166 Å². The molecule has 0 atom stereocenters. The van der Waals surface area contributed by atoms with Crippen LogP contribution < -0.4 is 9.80 Å². The van der Waals surface area contributed by atoms with Gasteiger partial charge in [-0.15, -0.1) is 0 Å². The summed E-state index contributed by atoms with van der Waals surface area (Å²) >= 11 is 1.52. The molecule has 0 N–H and O–H groups in total. The minimum Gasteiger partial charge on any atom is -0.348 e. The van der Waals surface area contributed by atoms with Crippen LogP contribution in [0.15, 0.2) is 36.5 Å². The van der Waals surface area contributed by atoms with E-state index in [1.807, 2.05) is 30.9 Å². The lowest BCUT2D eigenvalue weighted by Crippen LogP contribution is -2.49. The van der Waals surface area contributed by atoms with Crippen LogP contribution in [0.25, 0.3) is 10.2 Å². The molecule has 0 aliphatic carbocycles. The SMILES string of the molecule is CC1(C)C(=O)N(C2CCN(c3nc4ccc(F)cc4s3)CC2)c2ncccc21. The van der Waals surface area contributed by atoms with Crippen LogP contribution in [-0.2, 0) is 10.2 Å². The first-order valence-electron chi connectivity index (χ1n) is 9.55. The molecule has 2 aromatic heterocycles. The molecule has 1 amide bonds. The van der Waals surface area contributed by atoms with Gasteiger partial charge in [-0.25, -0.2) is 14.4 Å². The smallest absolute Gasteiger partial charge is 0.238 e. The zero-order chi connectivity index (χ0) is 19.5. The lowest BCUT2D eigenvalue weighted by molar-refractivity contribution is -0.122. The number of anilines is 2. The highest BCUT2D eigenvalue weighted by molar-refractivity contribution is 7.22. The molecule has 0 radical (unpaired) electrons. The van der Waals surface area contributed by atoms with Crippen LogP contribution in [-0.4, -0.2) is 35.0 Å². The van der Waals surface area contributed by atoms with Gasteiger partial charge < -0.3 is 4.90 Å². The van der Waals surface area contributed by atoms with Crippen molar-refractivity contribution in [2.75, 3.05) is 22.9 Å². The summed E-state index contributed by atoms with van der Waals surface area (Å²) in [6.07, 6.45) is 3.49. The summed E-state index contributed by atoms with van der Waals surface area (Å²) in [4.78, 5) is 26.4. The predicted molar refractivity (Wildman–Crippen MR) is 110 cm³/mol. The topological polar surface area (TPSA) is 49.3 Å². The summed E-state index contributed by atoms with van der Waals surface area (Å²) in [6, 6.07) is 8.77. The zero-order valence-corrected chi connectivity index (χ0v) is 16.7. The summed E-state index contributed by atoms with van der Waals surface area (Å²) in [6.45, 7) is 5.59. The summed E-state index contributed by atoms with van der Waals surface area (Å²) in [7, 11) is 0. The molecule has 0 saturated carbocycles. The second-order valence-corrected chi connectivity index (χ2v) is 9.01. The second-order valence-electron chi connectivity index (χ2n) is 8.00. The van der Waals surface area contributed by atoms with Crippen LogP contribution in [0.3, 0.4) is 0 Å². The Morgan fingerprint density at radius 2 is 2.00 bits per heavy atom. The van der Waals surface area contributed by atoms with Crippen molar-refractivity contribution < 1.29 is 9.18 Å². The molecule has 2 aliphatic rings. The van der Waals surface area contributed by atoms with Crippen LogP contribution in [0.5, 0.6) is 0 Å². The van der Waals surface area contributed by atoms with Gasteiger partial charge >= 0.3 is 0 Å². The fraction of sp³-hybridized carbons (Fsp3) is 0.381. The monoisotopic (exact) mass is 396 g/mol. The van der Waals surface area contributed by atoms with E-state index in [0.717, 1.165) is 52.7 Å². The van der Waals surface area contributed by atoms with E-state index in [2.05, 4.69) is 14.9 Å². The van der Waals surface area contributed by atoms with Crippen molar-refractivity contribution >= 4 is 38.4 Å².